The summed E-state index contributed by atoms with van der Waals surface area (Å²) in [6, 6.07) is 7.52. The fraction of sp³-hybridized carbons (Fsp3) is 0.250. The summed E-state index contributed by atoms with van der Waals surface area (Å²) in [6.45, 7) is 2.69. The van der Waals surface area contributed by atoms with Crippen molar-refractivity contribution < 1.29 is 4.74 Å². The van der Waals surface area contributed by atoms with Crippen molar-refractivity contribution >= 4 is 11.6 Å². The van der Waals surface area contributed by atoms with Gasteiger partial charge in [0.1, 0.15) is 6.61 Å². The van der Waals surface area contributed by atoms with Gasteiger partial charge >= 0.3 is 0 Å². The highest BCUT2D eigenvalue weighted by atomic mass is 35.5. The minimum Gasteiger partial charge on any atom is -0.377 e. The van der Waals surface area contributed by atoms with E-state index in [-0.39, 0.29) is 0 Å². The number of allylic oxidation sites excluding steroid dienone is 3. The first-order valence-electron chi connectivity index (χ1n) is 8.44. The second-order valence-corrected chi connectivity index (χ2v) is 6.23. The van der Waals surface area contributed by atoms with E-state index < -0.39 is 0 Å². The lowest BCUT2D eigenvalue weighted by Crippen LogP contribution is -2.23. The van der Waals surface area contributed by atoms with Crippen LogP contribution in [-0.2, 0) is 17.9 Å². The van der Waals surface area contributed by atoms with E-state index in [2.05, 4.69) is 27.2 Å². The van der Waals surface area contributed by atoms with E-state index in [9.17, 15) is 0 Å². The van der Waals surface area contributed by atoms with Crippen LogP contribution < -0.4 is 5.32 Å². The van der Waals surface area contributed by atoms with Crippen LogP contribution in [0.15, 0.2) is 65.9 Å². The van der Waals surface area contributed by atoms with Gasteiger partial charge in [0.2, 0.25) is 0 Å². The first-order chi connectivity index (χ1) is 12.8. The predicted octanol–water partition coefficient (Wildman–Crippen LogP) is 3.54. The van der Waals surface area contributed by atoms with Gasteiger partial charge < -0.3 is 10.1 Å². The molecule has 0 radical (unpaired) electrons. The van der Waals surface area contributed by atoms with Gasteiger partial charge in [0.25, 0.3) is 0 Å². The Balaban J connectivity index is 1.63. The summed E-state index contributed by atoms with van der Waals surface area (Å²) in [7, 11) is 1.66. The van der Waals surface area contributed by atoms with E-state index >= 15 is 0 Å². The third-order valence-electron chi connectivity index (χ3n) is 3.84. The van der Waals surface area contributed by atoms with Gasteiger partial charge in [-0.3, -0.25) is 0 Å². The van der Waals surface area contributed by atoms with Gasteiger partial charge in [0.05, 0.1) is 6.54 Å². The molecule has 1 N–H and O–H groups in total. The number of rotatable bonds is 8. The number of ether oxygens (including phenoxy) is 1. The van der Waals surface area contributed by atoms with Crippen molar-refractivity contribution in [2.45, 2.75) is 13.2 Å². The smallest absolute Gasteiger partial charge is 0.181 e. The molecule has 1 aromatic heterocycles. The van der Waals surface area contributed by atoms with Gasteiger partial charge in [-0.1, -0.05) is 29.8 Å². The average Bonchev–Trinajstić information content (AvgIpc) is 2.87. The topological polar surface area (TPSA) is 52.0 Å². The standard InChI is InChI=1S/C20H21ClN4O/c1-26-15-19-23-20(17-8-10-18(21)11-9-17)24-25(19)13-12-22-14-16-6-4-2-3-5-7-16/h2-4,6-11,22H,12-15H2,1H3. The summed E-state index contributed by atoms with van der Waals surface area (Å²) in [5.41, 5.74) is 5.23. The fourth-order valence-electron chi connectivity index (χ4n) is 2.53. The Bertz CT molecular complexity index is 858. The van der Waals surface area contributed by atoms with E-state index in [1.54, 1.807) is 7.11 Å². The summed E-state index contributed by atoms with van der Waals surface area (Å²) >= 11 is 5.95. The van der Waals surface area contributed by atoms with Crippen molar-refractivity contribution in [2.75, 3.05) is 20.2 Å². The largest absolute Gasteiger partial charge is 0.377 e. The summed E-state index contributed by atoms with van der Waals surface area (Å²) in [4.78, 5) is 4.60. The maximum absolute atomic E-state index is 5.95. The van der Waals surface area contributed by atoms with Crippen molar-refractivity contribution in [2.24, 2.45) is 0 Å². The van der Waals surface area contributed by atoms with Gasteiger partial charge in [-0.05, 0) is 42.0 Å². The first-order valence-corrected chi connectivity index (χ1v) is 8.81. The maximum Gasteiger partial charge on any atom is 0.181 e. The van der Waals surface area contributed by atoms with Crippen LogP contribution in [0.4, 0.5) is 0 Å². The third-order valence-corrected chi connectivity index (χ3v) is 4.09. The molecule has 2 aromatic rings. The van der Waals surface area contributed by atoms with Gasteiger partial charge in [-0.25, -0.2) is 9.67 Å². The molecule has 5 nitrogen and oxygen atoms in total. The summed E-state index contributed by atoms with van der Waals surface area (Å²) in [6.07, 6.45) is 9.94. The number of methoxy groups -OCH3 is 1. The molecule has 3 rings (SSSR count). The molecule has 0 fully saturated rings. The Kier molecular flexibility index (Phi) is 6.58. The molecule has 1 aliphatic carbocycles. The third kappa shape index (κ3) is 5.04. The zero-order valence-electron chi connectivity index (χ0n) is 14.7. The molecule has 6 heteroatoms. The van der Waals surface area contributed by atoms with Gasteiger partial charge in [0, 0.05) is 30.8 Å². The fourth-order valence-corrected chi connectivity index (χ4v) is 2.66. The summed E-state index contributed by atoms with van der Waals surface area (Å²) in [5, 5.41) is 8.74. The maximum atomic E-state index is 5.95. The van der Waals surface area contributed by atoms with Crippen LogP contribution in [-0.4, -0.2) is 35.0 Å². The molecule has 0 atom stereocenters. The second kappa shape index (κ2) is 9.32. The minimum atomic E-state index is 0.421. The predicted molar refractivity (Wildman–Crippen MR) is 104 cm³/mol. The lowest BCUT2D eigenvalue weighted by molar-refractivity contribution is 0.173. The van der Waals surface area contributed by atoms with Crippen LogP contribution in [0, 0.1) is 0 Å². The van der Waals surface area contributed by atoms with Gasteiger partial charge in [0.15, 0.2) is 11.6 Å². The SMILES string of the molecule is COCc1nc(-c2ccc(Cl)cc2)nn1CCNCC1=CC=CC=C=C1. The number of benzene rings is 1. The summed E-state index contributed by atoms with van der Waals surface area (Å²) in [5.74, 6) is 1.48. The molecule has 0 saturated heterocycles. The number of nitrogens with zero attached hydrogens (tertiary/aromatic N) is 3. The first kappa shape index (κ1) is 18.4. The highest BCUT2D eigenvalue weighted by Crippen LogP contribution is 2.19. The summed E-state index contributed by atoms with van der Waals surface area (Å²) < 4.78 is 7.14. The lowest BCUT2D eigenvalue weighted by atomic mass is 10.2. The minimum absolute atomic E-state index is 0.421. The second-order valence-electron chi connectivity index (χ2n) is 5.80. The quantitative estimate of drug-likeness (QED) is 0.572. The zero-order chi connectivity index (χ0) is 18.2. The van der Waals surface area contributed by atoms with Crippen molar-refractivity contribution in [3.63, 3.8) is 0 Å². The van der Waals surface area contributed by atoms with Crippen LogP contribution in [0.1, 0.15) is 5.82 Å². The molecule has 0 amide bonds. The van der Waals surface area contributed by atoms with Crippen molar-refractivity contribution in [3.05, 3.63) is 76.8 Å². The van der Waals surface area contributed by atoms with Crippen LogP contribution >= 0.6 is 11.6 Å². The molecule has 1 heterocycles. The Morgan fingerprint density at radius 1 is 1.23 bits per heavy atom. The highest BCUT2D eigenvalue weighted by molar-refractivity contribution is 6.30. The molecule has 0 spiro atoms. The molecular formula is C20H21ClN4O. The van der Waals surface area contributed by atoms with Gasteiger partial charge in [-0.2, -0.15) is 5.10 Å². The molecular weight excluding hydrogens is 348 g/mol. The number of aromatic nitrogens is 3. The molecule has 0 aliphatic heterocycles. The van der Waals surface area contributed by atoms with Crippen LogP contribution in [0.2, 0.25) is 5.02 Å². The molecule has 0 unspecified atom stereocenters. The zero-order valence-corrected chi connectivity index (χ0v) is 15.4. The molecule has 1 aromatic carbocycles. The Hall–Kier alpha value is -2.43. The number of hydrogen-bond donors (Lipinski definition) is 1. The van der Waals surface area contributed by atoms with E-state index in [0.29, 0.717) is 24.0 Å². The Morgan fingerprint density at radius 2 is 2.08 bits per heavy atom. The van der Waals surface area contributed by atoms with Crippen LogP contribution in [0.3, 0.4) is 0 Å². The lowest BCUT2D eigenvalue weighted by Gasteiger charge is -2.07. The van der Waals surface area contributed by atoms with Crippen molar-refractivity contribution in [3.8, 4) is 11.4 Å². The van der Waals surface area contributed by atoms with Crippen LogP contribution in [0.5, 0.6) is 0 Å². The van der Waals surface area contributed by atoms with Gasteiger partial charge in [-0.15, -0.1) is 5.73 Å². The number of nitrogens with one attached hydrogen (secondary N) is 1. The van der Waals surface area contributed by atoms with Crippen LogP contribution in [0.25, 0.3) is 11.4 Å². The molecule has 1 aliphatic rings. The number of hydrogen-bond acceptors (Lipinski definition) is 4. The highest BCUT2D eigenvalue weighted by Gasteiger charge is 2.11. The normalized spacial score (nSPS) is 13.1. The van der Waals surface area contributed by atoms with Crippen molar-refractivity contribution in [1.29, 1.82) is 0 Å². The van der Waals surface area contributed by atoms with E-state index in [0.717, 1.165) is 24.5 Å². The van der Waals surface area contributed by atoms with E-state index in [1.165, 1.54) is 5.57 Å². The number of halogens is 1. The van der Waals surface area contributed by atoms with E-state index in [4.69, 9.17) is 16.3 Å². The molecule has 26 heavy (non-hydrogen) atoms. The Labute approximate surface area is 158 Å². The van der Waals surface area contributed by atoms with E-state index in [1.807, 2.05) is 53.3 Å². The average molecular weight is 369 g/mol. The Morgan fingerprint density at radius 3 is 2.88 bits per heavy atom. The van der Waals surface area contributed by atoms with Crippen molar-refractivity contribution in [1.82, 2.24) is 20.1 Å². The monoisotopic (exact) mass is 368 g/mol. The molecule has 0 bridgehead atoms. The molecule has 0 saturated carbocycles. The molecule has 134 valence electrons.